The van der Waals surface area contributed by atoms with Crippen LogP contribution in [0.1, 0.15) is 34.9 Å². The van der Waals surface area contributed by atoms with Gasteiger partial charge < -0.3 is 14.8 Å². The van der Waals surface area contributed by atoms with Gasteiger partial charge in [-0.15, -0.1) is 11.3 Å². The summed E-state index contributed by atoms with van der Waals surface area (Å²) in [6.45, 7) is 2.45. The Morgan fingerprint density at radius 1 is 1.38 bits per heavy atom. The normalized spacial score (nSPS) is 17.8. The second-order valence-corrected chi connectivity index (χ2v) is 7.71. The fraction of sp³-hybridized carbons (Fsp3) is 0.300. The summed E-state index contributed by atoms with van der Waals surface area (Å²) in [7, 11) is 0. The lowest BCUT2D eigenvalue weighted by Gasteiger charge is -2.17. The molecule has 5 nitrogen and oxygen atoms in total. The summed E-state index contributed by atoms with van der Waals surface area (Å²) in [5.74, 6) is 1.77. The van der Waals surface area contributed by atoms with Gasteiger partial charge in [-0.3, -0.25) is 4.79 Å². The standard InChI is InChI=1S/C20H18N2O3S/c1-12-2-5-14-15(10-21)20(26-18(14)8-12)22-19(23)7-4-13-3-6-16-17(9-13)25-11-24-16/h3-4,6-7,9,12H,2,5,8,11H2,1H3,(H,22,23)/b7-4-/t12-/m0/s1. The van der Waals surface area contributed by atoms with Crippen molar-refractivity contribution < 1.29 is 14.3 Å². The highest BCUT2D eigenvalue weighted by atomic mass is 32.1. The van der Waals surface area contributed by atoms with E-state index in [4.69, 9.17) is 9.47 Å². The van der Waals surface area contributed by atoms with Crippen molar-refractivity contribution in [1.29, 1.82) is 5.26 Å². The summed E-state index contributed by atoms with van der Waals surface area (Å²) in [5, 5.41) is 13.0. The molecule has 0 spiro atoms. The van der Waals surface area contributed by atoms with E-state index in [9.17, 15) is 10.1 Å². The van der Waals surface area contributed by atoms with Gasteiger partial charge in [0.15, 0.2) is 11.5 Å². The lowest BCUT2D eigenvalue weighted by molar-refractivity contribution is -0.111. The van der Waals surface area contributed by atoms with Crippen LogP contribution in [0.3, 0.4) is 0 Å². The molecule has 0 saturated heterocycles. The fourth-order valence-corrected chi connectivity index (χ4v) is 4.66. The maximum atomic E-state index is 12.3. The van der Waals surface area contributed by atoms with Gasteiger partial charge in [0.05, 0.1) is 5.56 Å². The van der Waals surface area contributed by atoms with Gasteiger partial charge in [0.2, 0.25) is 12.7 Å². The molecule has 0 saturated carbocycles. The van der Waals surface area contributed by atoms with Crippen LogP contribution >= 0.6 is 11.3 Å². The van der Waals surface area contributed by atoms with E-state index in [0.717, 1.165) is 30.4 Å². The number of ether oxygens (including phenoxy) is 2. The van der Waals surface area contributed by atoms with Crippen molar-refractivity contribution in [2.45, 2.75) is 26.2 Å². The maximum Gasteiger partial charge on any atom is 0.249 e. The van der Waals surface area contributed by atoms with Crippen LogP contribution in [-0.2, 0) is 17.6 Å². The number of amides is 1. The lowest BCUT2D eigenvalue weighted by Crippen LogP contribution is -2.10. The van der Waals surface area contributed by atoms with E-state index in [1.54, 1.807) is 6.08 Å². The van der Waals surface area contributed by atoms with Crippen LogP contribution in [0.15, 0.2) is 24.3 Å². The van der Waals surface area contributed by atoms with E-state index in [1.165, 1.54) is 22.3 Å². The van der Waals surface area contributed by atoms with Crippen molar-refractivity contribution in [1.82, 2.24) is 0 Å². The highest BCUT2D eigenvalue weighted by Gasteiger charge is 2.24. The Morgan fingerprint density at radius 3 is 3.08 bits per heavy atom. The average Bonchev–Trinajstić information content (AvgIpc) is 3.22. The summed E-state index contributed by atoms with van der Waals surface area (Å²) in [6, 6.07) is 7.78. The van der Waals surface area contributed by atoms with Gasteiger partial charge in [0.25, 0.3) is 0 Å². The zero-order valence-electron chi connectivity index (χ0n) is 14.4. The third kappa shape index (κ3) is 3.18. The third-order valence-corrected chi connectivity index (χ3v) is 5.85. The van der Waals surface area contributed by atoms with Gasteiger partial charge in [0.1, 0.15) is 11.1 Å². The van der Waals surface area contributed by atoms with Crippen LogP contribution in [0, 0.1) is 17.2 Å². The Bertz CT molecular complexity index is 939. The predicted octanol–water partition coefficient (Wildman–Crippen LogP) is 4.13. The molecular formula is C20H18N2O3S. The average molecular weight is 366 g/mol. The Balaban J connectivity index is 1.49. The molecule has 1 aliphatic carbocycles. The first kappa shape index (κ1) is 16.7. The van der Waals surface area contributed by atoms with Gasteiger partial charge in [-0.05, 0) is 54.5 Å². The fourth-order valence-electron chi connectivity index (χ4n) is 3.30. The number of carbonyl (C=O) groups excluding carboxylic acids is 1. The number of nitrogens with zero attached hydrogens (tertiary/aromatic N) is 1. The molecule has 6 heteroatoms. The van der Waals surface area contributed by atoms with Crippen LogP contribution in [0.25, 0.3) is 6.08 Å². The minimum absolute atomic E-state index is 0.224. The Kier molecular flexibility index (Phi) is 4.39. The number of carbonyl (C=O) groups is 1. The van der Waals surface area contributed by atoms with E-state index in [2.05, 4.69) is 18.3 Å². The number of fused-ring (bicyclic) bond motifs is 2. The van der Waals surface area contributed by atoms with Crippen LogP contribution in [0.5, 0.6) is 11.5 Å². The van der Waals surface area contributed by atoms with Gasteiger partial charge in [-0.2, -0.15) is 5.26 Å². The molecule has 2 aromatic rings. The molecule has 0 radical (unpaired) electrons. The maximum absolute atomic E-state index is 12.3. The molecule has 2 heterocycles. The molecule has 4 rings (SSSR count). The van der Waals surface area contributed by atoms with Crippen LogP contribution in [-0.4, -0.2) is 12.7 Å². The molecule has 132 valence electrons. The van der Waals surface area contributed by atoms with Crippen molar-refractivity contribution in [3.63, 3.8) is 0 Å². The molecular weight excluding hydrogens is 348 g/mol. The van der Waals surface area contributed by atoms with Crippen LogP contribution < -0.4 is 14.8 Å². The molecule has 2 aliphatic rings. The number of rotatable bonds is 3. The molecule has 0 unspecified atom stereocenters. The van der Waals surface area contributed by atoms with E-state index in [0.29, 0.717) is 28.0 Å². The van der Waals surface area contributed by atoms with Gasteiger partial charge in [-0.1, -0.05) is 13.0 Å². The molecule has 1 aromatic heterocycles. The van der Waals surface area contributed by atoms with Crippen molar-refractivity contribution >= 4 is 28.3 Å². The molecule has 26 heavy (non-hydrogen) atoms. The molecule has 1 amide bonds. The number of benzene rings is 1. The SMILES string of the molecule is C[C@H]1CCc2c(sc(NC(=O)/C=C\c3ccc4c(c3)OCO4)c2C#N)C1. The zero-order valence-corrected chi connectivity index (χ0v) is 15.2. The summed E-state index contributed by atoms with van der Waals surface area (Å²) in [6.07, 6.45) is 6.19. The van der Waals surface area contributed by atoms with E-state index >= 15 is 0 Å². The van der Waals surface area contributed by atoms with Gasteiger partial charge >= 0.3 is 0 Å². The number of nitriles is 1. The summed E-state index contributed by atoms with van der Waals surface area (Å²) in [5.41, 5.74) is 2.59. The van der Waals surface area contributed by atoms with E-state index in [-0.39, 0.29) is 12.7 Å². The van der Waals surface area contributed by atoms with Crippen LogP contribution in [0.4, 0.5) is 5.00 Å². The summed E-state index contributed by atoms with van der Waals surface area (Å²) < 4.78 is 10.6. The van der Waals surface area contributed by atoms with Crippen molar-refractivity contribution in [3.8, 4) is 17.6 Å². The molecule has 0 bridgehead atoms. The first-order valence-electron chi connectivity index (χ1n) is 8.57. The number of hydrogen-bond acceptors (Lipinski definition) is 5. The minimum Gasteiger partial charge on any atom is -0.454 e. The first-order valence-corrected chi connectivity index (χ1v) is 9.39. The molecule has 1 aromatic carbocycles. The molecule has 0 fully saturated rings. The monoisotopic (exact) mass is 366 g/mol. The van der Waals surface area contributed by atoms with Crippen LogP contribution in [0.2, 0.25) is 0 Å². The second kappa shape index (κ2) is 6.85. The van der Waals surface area contributed by atoms with Crippen molar-refractivity contribution in [2.24, 2.45) is 5.92 Å². The van der Waals surface area contributed by atoms with Gasteiger partial charge in [-0.25, -0.2) is 0 Å². The lowest BCUT2D eigenvalue weighted by atomic mass is 9.89. The molecule has 1 N–H and O–H groups in total. The minimum atomic E-state index is -0.245. The smallest absolute Gasteiger partial charge is 0.249 e. The summed E-state index contributed by atoms with van der Waals surface area (Å²) in [4.78, 5) is 13.5. The topological polar surface area (TPSA) is 71.3 Å². The highest BCUT2D eigenvalue weighted by molar-refractivity contribution is 7.16. The Morgan fingerprint density at radius 2 is 2.23 bits per heavy atom. The predicted molar refractivity (Wildman–Crippen MR) is 100 cm³/mol. The second-order valence-electron chi connectivity index (χ2n) is 6.60. The van der Waals surface area contributed by atoms with E-state index < -0.39 is 0 Å². The molecule has 1 aliphatic heterocycles. The van der Waals surface area contributed by atoms with E-state index in [1.807, 2.05) is 18.2 Å². The number of thiophene rings is 1. The third-order valence-electron chi connectivity index (χ3n) is 4.68. The highest BCUT2D eigenvalue weighted by Crippen LogP contribution is 2.39. The number of anilines is 1. The number of hydrogen-bond donors (Lipinski definition) is 1. The zero-order chi connectivity index (χ0) is 18.1. The number of nitrogens with one attached hydrogen (secondary N) is 1. The first-order chi connectivity index (χ1) is 12.6. The van der Waals surface area contributed by atoms with Crippen molar-refractivity contribution in [2.75, 3.05) is 12.1 Å². The van der Waals surface area contributed by atoms with Gasteiger partial charge in [0, 0.05) is 11.0 Å². The van der Waals surface area contributed by atoms with Crippen molar-refractivity contribution in [3.05, 3.63) is 45.8 Å². The Hall–Kier alpha value is -2.78. The Labute approximate surface area is 155 Å². The summed E-state index contributed by atoms with van der Waals surface area (Å²) >= 11 is 1.53. The largest absolute Gasteiger partial charge is 0.454 e. The quantitative estimate of drug-likeness (QED) is 0.829. The molecule has 1 atom stereocenters.